The summed E-state index contributed by atoms with van der Waals surface area (Å²) in [5.74, 6) is -0.112. The van der Waals surface area contributed by atoms with Gasteiger partial charge in [-0.15, -0.1) is 0 Å². The van der Waals surface area contributed by atoms with E-state index in [1.54, 1.807) is 6.07 Å². The monoisotopic (exact) mass is 193 g/mol. The van der Waals surface area contributed by atoms with Gasteiger partial charge in [0, 0.05) is 6.04 Å². The van der Waals surface area contributed by atoms with E-state index in [1.807, 2.05) is 13.8 Å². The molecule has 1 aromatic carbocycles. The predicted molar refractivity (Wildman–Crippen MR) is 55.7 cm³/mol. The largest absolute Gasteiger partial charge is 0.324 e. The second kappa shape index (κ2) is 3.35. The Kier molecular flexibility index (Phi) is 2.31. The molecule has 0 heterocycles. The van der Waals surface area contributed by atoms with Gasteiger partial charge in [0.05, 0.1) is 0 Å². The van der Waals surface area contributed by atoms with Crippen molar-refractivity contribution in [2.45, 2.75) is 39.2 Å². The molecule has 0 radical (unpaired) electrons. The van der Waals surface area contributed by atoms with Crippen molar-refractivity contribution in [3.8, 4) is 0 Å². The van der Waals surface area contributed by atoms with E-state index in [-0.39, 0.29) is 11.9 Å². The van der Waals surface area contributed by atoms with Crippen LogP contribution in [0, 0.1) is 19.7 Å². The third-order valence-electron chi connectivity index (χ3n) is 3.22. The lowest BCUT2D eigenvalue weighted by Gasteiger charge is -2.26. The van der Waals surface area contributed by atoms with Gasteiger partial charge in [0.15, 0.2) is 0 Å². The molecule has 0 aliphatic heterocycles. The summed E-state index contributed by atoms with van der Waals surface area (Å²) in [6.07, 6.45) is 3.16. The SMILES string of the molecule is Cc1cc(F)c(C)c2c1CCC[C@H]2N. The minimum atomic E-state index is -0.112. The summed E-state index contributed by atoms with van der Waals surface area (Å²) in [6.45, 7) is 3.80. The molecule has 0 amide bonds. The van der Waals surface area contributed by atoms with Gasteiger partial charge in [-0.2, -0.15) is 0 Å². The molecule has 14 heavy (non-hydrogen) atoms. The first-order valence-electron chi connectivity index (χ1n) is 5.15. The Balaban J connectivity index is 2.67. The maximum atomic E-state index is 13.5. The lowest BCUT2D eigenvalue weighted by molar-refractivity contribution is 0.547. The van der Waals surface area contributed by atoms with Gasteiger partial charge >= 0.3 is 0 Å². The van der Waals surface area contributed by atoms with Gasteiger partial charge in [0.25, 0.3) is 0 Å². The number of nitrogens with two attached hydrogens (primary N) is 1. The van der Waals surface area contributed by atoms with Crippen LogP contribution in [0.2, 0.25) is 0 Å². The highest BCUT2D eigenvalue weighted by Gasteiger charge is 2.22. The Bertz CT molecular complexity index is 371. The van der Waals surface area contributed by atoms with Crippen LogP contribution in [0.15, 0.2) is 6.07 Å². The molecule has 76 valence electrons. The van der Waals surface area contributed by atoms with Crippen LogP contribution < -0.4 is 5.73 Å². The van der Waals surface area contributed by atoms with Crippen molar-refractivity contribution < 1.29 is 4.39 Å². The van der Waals surface area contributed by atoms with Crippen molar-refractivity contribution >= 4 is 0 Å². The van der Waals surface area contributed by atoms with E-state index in [0.717, 1.165) is 36.0 Å². The van der Waals surface area contributed by atoms with Crippen molar-refractivity contribution in [2.75, 3.05) is 0 Å². The summed E-state index contributed by atoms with van der Waals surface area (Å²) in [7, 11) is 0. The molecule has 0 saturated carbocycles. The lowest BCUT2D eigenvalue weighted by Crippen LogP contribution is -2.20. The van der Waals surface area contributed by atoms with Crippen molar-refractivity contribution in [1.29, 1.82) is 0 Å². The van der Waals surface area contributed by atoms with Crippen LogP contribution in [0.1, 0.15) is 41.1 Å². The minimum Gasteiger partial charge on any atom is -0.324 e. The molecule has 1 aliphatic carbocycles. The quantitative estimate of drug-likeness (QED) is 0.673. The van der Waals surface area contributed by atoms with Crippen LogP contribution in [0.5, 0.6) is 0 Å². The summed E-state index contributed by atoms with van der Waals surface area (Å²) >= 11 is 0. The topological polar surface area (TPSA) is 26.0 Å². The third-order valence-corrected chi connectivity index (χ3v) is 3.22. The zero-order valence-corrected chi connectivity index (χ0v) is 8.73. The molecule has 0 spiro atoms. The molecule has 1 atom stereocenters. The smallest absolute Gasteiger partial charge is 0.126 e. The Hall–Kier alpha value is -0.890. The maximum Gasteiger partial charge on any atom is 0.126 e. The molecule has 0 fully saturated rings. The Labute approximate surface area is 84.1 Å². The average Bonchev–Trinajstić information content (AvgIpc) is 2.14. The van der Waals surface area contributed by atoms with E-state index in [9.17, 15) is 4.39 Å². The zero-order chi connectivity index (χ0) is 10.3. The molecule has 2 N–H and O–H groups in total. The van der Waals surface area contributed by atoms with Crippen LogP contribution in [-0.2, 0) is 6.42 Å². The normalized spacial score (nSPS) is 20.7. The predicted octanol–water partition coefficient (Wildman–Crippen LogP) is 2.78. The molecular weight excluding hydrogens is 177 g/mol. The number of halogens is 1. The van der Waals surface area contributed by atoms with Crippen molar-refractivity contribution in [3.63, 3.8) is 0 Å². The number of fused-ring (bicyclic) bond motifs is 1. The van der Waals surface area contributed by atoms with Gasteiger partial charge in [-0.25, -0.2) is 4.39 Å². The fourth-order valence-corrected chi connectivity index (χ4v) is 2.43. The fourth-order valence-electron chi connectivity index (χ4n) is 2.43. The fraction of sp³-hybridized carbons (Fsp3) is 0.500. The van der Waals surface area contributed by atoms with Gasteiger partial charge < -0.3 is 5.73 Å². The van der Waals surface area contributed by atoms with E-state index in [2.05, 4.69) is 0 Å². The molecular formula is C12H16FN. The average molecular weight is 193 g/mol. The van der Waals surface area contributed by atoms with Gasteiger partial charge in [-0.3, -0.25) is 0 Å². The molecule has 1 nitrogen and oxygen atoms in total. The molecule has 0 bridgehead atoms. The van der Waals surface area contributed by atoms with Crippen molar-refractivity contribution in [3.05, 3.63) is 34.1 Å². The van der Waals surface area contributed by atoms with Gasteiger partial charge in [-0.05, 0) is 61.4 Å². The molecule has 2 heteroatoms. The van der Waals surface area contributed by atoms with Crippen molar-refractivity contribution in [2.24, 2.45) is 5.73 Å². The molecule has 2 rings (SSSR count). The second-order valence-electron chi connectivity index (χ2n) is 4.19. The van der Waals surface area contributed by atoms with Crippen molar-refractivity contribution in [1.82, 2.24) is 0 Å². The van der Waals surface area contributed by atoms with Gasteiger partial charge in [-0.1, -0.05) is 0 Å². The van der Waals surface area contributed by atoms with Gasteiger partial charge in [0.2, 0.25) is 0 Å². The molecule has 0 unspecified atom stereocenters. The maximum absolute atomic E-state index is 13.5. The zero-order valence-electron chi connectivity index (χ0n) is 8.73. The highest BCUT2D eigenvalue weighted by Crippen LogP contribution is 2.33. The summed E-state index contributed by atoms with van der Waals surface area (Å²) in [6, 6.07) is 1.67. The molecule has 0 aromatic heterocycles. The highest BCUT2D eigenvalue weighted by atomic mass is 19.1. The molecule has 1 aliphatic rings. The molecule has 1 aromatic rings. The highest BCUT2D eigenvalue weighted by molar-refractivity contribution is 5.44. The summed E-state index contributed by atoms with van der Waals surface area (Å²) < 4.78 is 13.5. The van der Waals surface area contributed by atoms with Crippen LogP contribution in [0.25, 0.3) is 0 Å². The summed E-state index contributed by atoms with van der Waals surface area (Å²) in [5, 5.41) is 0. The van der Waals surface area contributed by atoms with Crippen LogP contribution in [0.4, 0.5) is 4.39 Å². The van der Waals surface area contributed by atoms with E-state index >= 15 is 0 Å². The Morgan fingerprint density at radius 2 is 2.14 bits per heavy atom. The first-order valence-corrected chi connectivity index (χ1v) is 5.15. The number of hydrogen-bond donors (Lipinski definition) is 1. The lowest BCUT2D eigenvalue weighted by atomic mass is 9.83. The minimum absolute atomic E-state index is 0.0353. The number of hydrogen-bond acceptors (Lipinski definition) is 1. The van der Waals surface area contributed by atoms with Crippen LogP contribution in [-0.4, -0.2) is 0 Å². The number of benzene rings is 1. The second-order valence-corrected chi connectivity index (χ2v) is 4.19. The van der Waals surface area contributed by atoms with E-state index in [4.69, 9.17) is 5.73 Å². The van der Waals surface area contributed by atoms with Gasteiger partial charge in [0.1, 0.15) is 5.82 Å². The summed E-state index contributed by atoms with van der Waals surface area (Å²) in [5.41, 5.74) is 10.2. The first-order chi connectivity index (χ1) is 6.61. The standard InChI is InChI=1S/C12H16FN/c1-7-6-10(13)8(2)12-9(7)4-3-5-11(12)14/h6,11H,3-5,14H2,1-2H3/t11-/m1/s1. The summed E-state index contributed by atoms with van der Waals surface area (Å²) in [4.78, 5) is 0. The first kappa shape index (κ1) is 9.66. The van der Waals surface area contributed by atoms with E-state index in [0.29, 0.717) is 0 Å². The molecule has 0 saturated heterocycles. The third kappa shape index (κ3) is 1.34. The van der Waals surface area contributed by atoms with Crippen LogP contribution in [0.3, 0.4) is 0 Å². The van der Waals surface area contributed by atoms with E-state index in [1.165, 1.54) is 5.56 Å². The van der Waals surface area contributed by atoms with E-state index < -0.39 is 0 Å². The number of aryl methyl sites for hydroxylation is 1. The Morgan fingerprint density at radius 1 is 1.43 bits per heavy atom. The van der Waals surface area contributed by atoms with Crippen LogP contribution >= 0.6 is 0 Å². The Morgan fingerprint density at radius 3 is 2.86 bits per heavy atom. The number of rotatable bonds is 0.